The largest absolute Gasteiger partial charge is 0.489 e. The molecule has 0 radical (unpaired) electrons. The molecule has 2 aromatic rings. The Bertz CT molecular complexity index is 911. The molecule has 138 valence electrons. The fourth-order valence-electron chi connectivity index (χ4n) is 2.86. The molecular formula is C22H21NO4. The molecule has 1 amide bonds. The van der Waals surface area contributed by atoms with Crippen molar-refractivity contribution in [3.63, 3.8) is 0 Å². The SMILES string of the molecule is COC(=O)C1=C(C)N(C)C(=O)/C1=C\c1ccc(OCc2ccccc2)cc1. The van der Waals surface area contributed by atoms with Crippen molar-refractivity contribution in [1.82, 2.24) is 4.90 Å². The summed E-state index contributed by atoms with van der Waals surface area (Å²) in [5.74, 6) is -0.00708. The zero-order valence-corrected chi connectivity index (χ0v) is 15.6. The average Bonchev–Trinajstić information content (AvgIpc) is 2.91. The van der Waals surface area contributed by atoms with E-state index in [0.29, 0.717) is 23.5 Å². The molecule has 1 heterocycles. The number of rotatable bonds is 5. The zero-order chi connectivity index (χ0) is 19.4. The first-order valence-electron chi connectivity index (χ1n) is 8.57. The number of hydrogen-bond donors (Lipinski definition) is 0. The number of hydrogen-bond acceptors (Lipinski definition) is 4. The summed E-state index contributed by atoms with van der Waals surface area (Å²) in [5, 5.41) is 0. The van der Waals surface area contributed by atoms with E-state index in [1.54, 1.807) is 20.0 Å². The molecule has 0 spiro atoms. The summed E-state index contributed by atoms with van der Waals surface area (Å²) in [5.41, 5.74) is 3.11. The van der Waals surface area contributed by atoms with Crippen molar-refractivity contribution >= 4 is 18.0 Å². The molecule has 27 heavy (non-hydrogen) atoms. The van der Waals surface area contributed by atoms with Crippen LogP contribution in [0.3, 0.4) is 0 Å². The number of benzene rings is 2. The fourth-order valence-corrected chi connectivity index (χ4v) is 2.86. The van der Waals surface area contributed by atoms with Crippen molar-refractivity contribution in [2.45, 2.75) is 13.5 Å². The van der Waals surface area contributed by atoms with Gasteiger partial charge in [-0.2, -0.15) is 0 Å². The maximum Gasteiger partial charge on any atom is 0.340 e. The normalized spacial score (nSPS) is 15.4. The predicted molar refractivity (Wildman–Crippen MR) is 103 cm³/mol. The minimum Gasteiger partial charge on any atom is -0.489 e. The molecule has 1 aliphatic rings. The zero-order valence-electron chi connectivity index (χ0n) is 15.6. The van der Waals surface area contributed by atoms with Crippen LogP contribution in [0.15, 0.2) is 71.4 Å². The summed E-state index contributed by atoms with van der Waals surface area (Å²) in [4.78, 5) is 26.0. The van der Waals surface area contributed by atoms with E-state index in [0.717, 1.165) is 16.9 Å². The molecule has 0 bridgehead atoms. The van der Waals surface area contributed by atoms with Gasteiger partial charge in [-0.3, -0.25) is 4.79 Å². The highest BCUT2D eigenvalue weighted by atomic mass is 16.5. The molecule has 0 aliphatic carbocycles. The summed E-state index contributed by atoms with van der Waals surface area (Å²) < 4.78 is 10.6. The van der Waals surface area contributed by atoms with Gasteiger partial charge in [0.1, 0.15) is 12.4 Å². The summed E-state index contributed by atoms with van der Waals surface area (Å²) in [6.45, 7) is 2.21. The van der Waals surface area contributed by atoms with Crippen molar-refractivity contribution in [3.05, 3.63) is 82.6 Å². The Morgan fingerprint density at radius 1 is 1.07 bits per heavy atom. The van der Waals surface area contributed by atoms with Crippen molar-refractivity contribution in [1.29, 1.82) is 0 Å². The Morgan fingerprint density at radius 2 is 1.74 bits per heavy atom. The molecule has 2 aromatic carbocycles. The van der Waals surface area contributed by atoms with Gasteiger partial charge in [0.05, 0.1) is 18.3 Å². The standard InChI is InChI=1S/C22H21NO4/c1-15-20(22(25)26-3)19(21(24)23(15)2)13-16-9-11-18(12-10-16)27-14-17-7-5-4-6-8-17/h4-13H,14H2,1-3H3/b19-13-. The maximum atomic E-state index is 12.5. The molecule has 0 saturated carbocycles. The second-order valence-corrected chi connectivity index (χ2v) is 6.22. The van der Waals surface area contributed by atoms with Crippen molar-refractivity contribution < 1.29 is 19.1 Å². The van der Waals surface area contributed by atoms with E-state index >= 15 is 0 Å². The Hall–Kier alpha value is -3.34. The molecule has 0 unspecified atom stereocenters. The molecular weight excluding hydrogens is 342 g/mol. The van der Waals surface area contributed by atoms with Crippen LogP contribution in [0.2, 0.25) is 0 Å². The highest BCUT2D eigenvalue weighted by molar-refractivity contribution is 6.16. The highest BCUT2D eigenvalue weighted by Crippen LogP contribution is 2.30. The number of amides is 1. The van der Waals surface area contributed by atoms with Crippen LogP contribution in [0.25, 0.3) is 6.08 Å². The third kappa shape index (κ3) is 3.92. The van der Waals surface area contributed by atoms with Crippen LogP contribution in [-0.4, -0.2) is 30.9 Å². The summed E-state index contributed by atoms with van der Waals surface area (Å²) in [6.07, 6.45) is 1.70. The summed E-state index contributed by atoms with van der Waals surface area (Å²) in [6, 6.07) is 17.3. The number of likely N-dealkylation sites (N-methyl/N-ethyl adjacent to an activating group) is 1. The van der Waals surface area contributed by atoms with Gasteiger partial charge in [0.2, 0.25) is 0 Å². The molecule has 5 heteroatoms. The Morgan fingerprint density at radius 3 is 2.37 bits per heavy atom. The first kappa shape index (κ1) is 18.5. The van der Waals surface area contributed by atoms with Crippen LogP contribution in [0, 0.1) is 0 Å². The van der Waals surface area contributed by atoms with Crippen LogP contribution < -0.4 is 4.74 Å². The van der Waals surface area contributed by atoms with E-state index in [4.69, 9.17) is 9.47 Å². The van der Waals surface area contributed by atoms with Gasteiger partial charge in [0.25, 0.3) is 5.91 Å². The third-order valence-corrected chi connectivity index (χ3v) is 4.50. The van der Waals surface area contributed by atoms with E-state index in [2.05, 4.69) is 0 Å². The van der Waals surface area contributed by atoms with Crippen LogP contribution in [0.1, 0.15) is 18.1 Å². The van der Waals surface area contributed by atoms with Crippen LogP contribution in [-0.2, 0) is 20.9 Å². The Balaban J connectivity index is 1.78. The quantitative estimate of drug-likeness (QED) is 0.602. The summed E-state index contributed by atoms with van der Waals surface area (Å²) >= 11 is 0. The summed E-state index contributed by atoms with van der Waals surface area (Å²) in [7, 11) is 2.95. The lowest BCUT2D eigenvalue weighted by Gasteiger charge is -2.09. The van der Waals surface area contributed by atoms with E-state index in [9.17, 15) is 9.59 Å². The number of allylic oxidation sites excluding steroid dienone is 1. The number of methoxy groups -OCH3 is 1. The predicted octanol–water partition coefficient (Wildman–Crippen LogP) is 3.57. The molecule has 0 saturated heterocycles. The second-order valence-electron chi connectivity index (χ2n) is 6.22. The van der Waals surface area contributed by atoms with Crippen molar-refractivity contribution in [3.8, 4) is 5.75 Å². The fraction of sp³-hybridized carbons (Fsp3) is 0.182. The van der Waals surface area contributed by atoms with Gasteiger partial charge in [-0.05, 0) is 36.3 Å². The number of carbonyl (C=O) groups is 2. The molecule has 0 atom stereocenters. The lowest BCUT2D eigenvalue weighted by molar-refractivity contribution is -0.136. The Kier molecular flexibility index (Phi) is 5.41. The third-order valence-electron chi connectivity index (χ3n) is 4.50. The van der Waals surface area contributed by atoms with E-state index in [1.807, 2.05) is 54.6 Å². The van der Waals surface area contributed by atoms with Gasteiger partial charge in [0.15, 0.2) is 0 Å². The molecule has 3 rings (SSSR count). The average molecular weight is 363 g/mol. The van der Waals surface area contributed by atoms with Crippen LogP contribution in [0.4, 0.5) is 0 Å². The second kappa shape index (κ2) is 7.91. The molecule has 0 fully saturated rings. The first-order chi connectivity index (χ1) is 13.0. The number of ether oxygens (including phenoxy) is 2. The van der Waals surface area contributed by atoms with Crippen LogP contribution in [0.5, 0.6) is 5.75 Å². The topological polar surface area (TPSA) is 55.8 Å². The number of carbonyl (C=O) groups excluding carboxylic acids is 2. The van der Waals surface area contributed by atoms with E-state index < -0.39 is 5.97 Å². The van der Waals surface area contributed by atoms with Crippen LogP contribution >= 0.6 is 0 Å². The number of esters is 1. The lowest BCUT2D eigenvalue weighted by atomic mass is 10.0. The van der Waals surface area contributed by atoms with Gasteiger partial charge in [0, 0.05) is 12.7 Å². The van der Waals surface area contributed by atoms with Gasteiger partial charge >= 0.3 is 5.97 Å². The highest BCUT2D eigenvalue weighted by Gasteiger charge is 2.34. The van der Waals surface area contributed by atoms with Gasteiger partial charge in [-0.25, -0.2) is 4.79 Å². The maximum absolute atomic E-state index is 12.5. The lowest BCUT2D eigenvalue weighted by Crippen LogP contribution is -2.19. The van der Waals surface area contributed by atoms with Gasteiger partial charge in [-0.15, -0.1) is 0 Å². The van der Waals surface area contributed by atoms with E-state index in [-0.39, 0.29) is 5.91 Å². The number of nitrogens with zero attached hydrogens (tertiary/aromatic N) is 1. The monoisotopic (exact) mass is 363 g/mol. The Labute approximate surface area is 158 Å². The molecule has 0 N–H and O–H groups in total. The molecule has 1 aliphatic heterocycles. The van der Waals surface area contributed by atoms with Gasteiger partial charge in [-0.1, -0.05) is 42.5 Å². The first-order valence-corrected chi connectivity index (χ1v) is 8.57. The van der Waals surface area contributed by atoms with Gasteiger partial charge < -0.3 is 14.4 Å². The minimum absolute atomic E-state index is 0.225. The van der Waals surface area contributed by atoms with E-state index in [1.165, 1.54) is 12.0 Å². The smallest absolute Gasteiger partial charge is 0.340 e. The van der Waals surface area contributed by atoms with Crippen molar-refractivity contribution in [2.75, 3.05) is 14.2 Å². The molecule has 0 aromatic heterocycles. The van der Waals surface area contributed by atoms with Crippen molar-refractivity contribution in [2.24, 2.45) is 0 Å². The molecule has 5 nitrogen and oxygen atoms in total. The minimum atomic E-state index is -0.515.